The highest BCUT2D eigenvalue weighted by molar-refractivity contribution is 7.47. The van der Waals surface area contributed by atoms with E-state index in [2.05, 4.69) is 9.05 Å². The Kier molecular flexibility index (Phi) is 3.41. The summed E-state index contributed by atoms with van der Waals surface area (Å²) in [7, 11) is -4.80. The topological polar surface area (TPSA) is 55.8 Å². The molecule has 0 saturated carbocycles. The van der Waals surface area contributed by atoms with Crippen LogP contribution in [0, 0.1) is 0 Å². The van der Waals surface area contributed by atoms with Crippen LogP contribution in [0.4, 0.5) is 22.0 Å². The van der Waals surface area contributed by atoms with Crippen LogP contribution in [0.5, 0.6) is 0 Å². The van der Waals surface area contributed by atoms with E-state index in [1.807, 2.05) is 0 Å². The molecule has 108 valence electrons. The first-order valence-corrected chi connectivity index (χ1v) is 6.30. The fraction of sp³-hybridized carbons (Fsp3) is 1.00. The zero-order valence-corrected chi connectivity index (χ0v) is 10.6. The van der Waals surface area contributed by atoms with Crippen LogP contribution in [-0.2, 0) is 13.6 Å². The summed E-state index contributed by atoms with van der Waals surface area (Å²) in [5.41, 5.74) is -4.91. The summed E-state index contributed by atoms with van der Waals surface area (Å²) < 4.78 is 83.5. The third-order valence-electron chi connectivity index (χ3n) is 2.91. The van der Waals surface area contributed by atoms with Crippen LogP contribution < -0.4 is 0 Å². The third-order valence-corrected chi connectivity index (χ3v) is 4.19. The summed E-state index contributed by atoms with van der Waals surface area (Å²) in [6, 6.07) is 0. The molecule has 1 N–H and O–H groups in total. The molecule has 2 atom stereocenters. The van der Waals surface area contributed by atoms with Crippen molar-refractivity contribution in [1.82, 2.24) is 0 Å². The molecule has 1 aliphatic heterocycles. The van der Waals surface area contributed by atoms with E-state index in [-0.39, 0.29) is 0 Å². The van der Waals surface area contributed by atoms with Crippen molar-refractivity contribution in [3.63, 3.8) is 0 Å². The van der Waals surface area contributed by atoms with Crippen molar-refractivity contribution < 1.29 is 40.5 Å². The molecule has 0 aromatic rings. The van der Waals surface area contributed by atoms with Gasteiger partial charge in [0.2, 0.25) is 0 Å². The van der Waals surface area contributed by atoms with Crippen LogP contribution in [0.3, 0.4) is 0 Å². The lowest BCUT2D eigenvalue weighted by Crippen LogP contribution is -2.59. The van der Waals surface area contributed by atoms with Gasteiger partial charge in [0, 0.05) is 0 Å². The van der Waals surface area contributed by atoms with Crippen LogP contribution in [0.25, 0.3) is 0 Å². The van der Waals surface area contributed by atoms with E-state index in [4.69, 9.17) is 4.89 Å². The van der Waals surface area contributed by atoms with Gasteiger partial charge >= 0.3 is 14.0 Å². The van der Waals surface area contributed by atoms with Gasteiger partial charge in [0.1, 0.15) is 12.0 Å². The molecule has 1 fully saturated rings. The Morgan fingerprint density at radius 1 is 1.11 bits per heavy atom. The Balaban J connectivity index is 3.17. The Morgan fingerprint density at radius 2 is 1.56 bits per heavy atom. The predicted molar refractivity (Wildman–Crippen MR) is 50.1 cm³/mol. The van der Waals surface area contributed by atoms with Crippen molar-refractivity contribution >= 4 is 7.82 Å². The number of phosphoric acid groups is 1. The summed E-state index contributed by atoms with van der Waals surface area (Å²) in [5.74, 6) is -4.41. The molecule has 1 saturated heterocycles. The normalized spacial score (nSPS) is 36.9. The van der Waals surface area contributed by atoms with Gasteiger partial charge in [-0.15, -0.1) is 0 Å². The lowest BCUT2D eigenvalue weighted by atomic mass is 9.80. The highest BCUT2D eigenvalue weighted by atomic mass is 31.2. The van der Waals surface area contributed by atoms with Gasteiger partial charge < -0.3 is 4.89 Å². The molecule has 1 aliphatic rings. The molecule has 10 heteroatoms. The second-order valence-corrected chi connectivity index (χ2v) is 5.99. The lowest BCUT2D eigenvalue weighted by molar-refractivity contribution is -0.251. The highest BCUT2D eigenvalue weighted by Crippen LogP contribution is 2.65. The summed E-state index contributed by atoms with van der Waals surface area (Å²) >= 11 is 0. The summed E-state index contributed by atoms with van der Waals surface area (Å²) in [5, 5.41) is 0. The minimum atomic E-state index is -5.14. The molecule has 0 radical (unpaired) electrons. The first kappa shape index (κ1) is 15.8. The van der Waals surface area contributed by atoms with E-state index >= 15 is 0 Å². The van der Waals surface area contributed by atoms with Crippen molar-refractivity contribution in [2.45, 2.75) is 50.5 Å². The summed E-state index contributed by atoms with van der Waals surface area (Å²) in [6.45, 7) is 2.55. The van der Waals surface area contributed by atoms with Gasteiger partial charge in [0.25, 0.3) is 5.92 Å². The van der Waals surface area contributed by atoms with E-state index in [0.29, 0.717) is 6.92 Å². The van der Waals surface area contributed by atoms with Gasteiger partial charge in [-0.3, -0.25) is 9.05 Å². The maximum atomic E-state index is 13.7. The molecule has 1 rings (SSSR count). The Labute approximate surface area is 99.7 Å². The van der Waals surface area contributed by atoms with Crippen molar-refractivity contribution in [2.75, 3.05) is 0 Å². The van der Waals surface area contributed by atoms with Crippen molar-refractivity contribution in [3.8, 4) is 0 Å². The number of alkyl halides is 5. The smallest absolute Gasteiger partial charge is 0.302 e. The average Bonchev–Trinajstić information content (AvgIpc) is 2.10. The molecule has 0 amide bonds. The van der Waals surface area contributed by atoms with E-state index in [9.17, 15) is 26.5 Å². The standard InChI is InChI=1S/C8H12F5O4P/c1-5(2)6(3,17-18(14,15)16-5)7(9,10)4-8(11,12)13/h4H2,1-3H3,(H,14,15). The second-order valence-electron chi connectivity index (χ2n) is 4.69. The predicted octanol–water partition coefficient (Wildman–Crippen LogP) is 3.26. The van der Waals surface area contributed by atoms with Crippen molar-refractivity contribution in [3.05, 3.63) is 0 Å². The Hall–Kier alpha value is -0.240. The van der Waals surface area contributed by atoms with Gasteiger partial charge in [-0.25, -0.2) is 13.3 Å². The Bertz CT molecular complexity index is 393. The number of hydrogen-bond acceptors (Lipinski definition) is 3. The molecule has 0 aromatic carbocycles. The van der Waals surface area contributed by atoms with Gasteiger partial charge in [-0.2, -0.15) is 13.2 Å². The van der Waals surface area contributed by atoms with Crippen LogP contribution in [0.1, 0.15) is 27.2 Å². The van der Waals surface area contributed by atoms with Gasteiger partial charge in [0.15, 0.2) is 5.60 Å². The minimum absolute atomic E-state index is 0.620. The fourth-order valence-corrected chi connectivity index (χ4v) is 3.27. The number of rotatable bonds is 2. The summed E-state index contributed by atoms with van der Waals surface area (Å²) in [4.78, 5) is 9.02. The molecule has 0 aliphatic carbocycles. The molecule has 0 spiro atoms. The van der Waals surface area contributed by atoms with Crippen LogP contribution in [-0.4, -0.2) is 28.2 Å². The molecule has 0 aromatic heterocycles. The maximum absolute atomic E-state index is 13.7. The number of phosphoric ester groups is 1. The molecule has 0 bridgehead atoms. The second kappa shape index (κ2) is 3.88. The van der Waals surface area contributed by atoms with E-state index in [0.717, 1.165) is 13.8 Å². The summed E-state index contributed by atoms with van der Waals surface area (Å²) in [6.07, 6.45) is -7.61. The zero-order valence-electron chi connectivity index (χ0n) is 9.72. The average molecular weight is 298 g/mol. The van der Waals surface area contributed by atoms with E-state index < -0.39 is 37.5 Å². The van der Waals surface area contributed by atoms with Crippen molar-refractivity contribution in [2.24, 2.45) is 0 Å². The Morgan fingerprint density at radius 3 is 1.83 bits per heavy atom. The van der Waals surface area contributed by atoms with Crippen molar-refractivity contribution in [1.29, 1.82) is 0 Å². The zero-order chi connectivity index (χ0) is 14.6. The monoisotopic (exact) mass is 298 g/mol. The highest BCUT2D eigenvalue weighted by Gasteiger charge is 2.71. The first-order valence-electron chi connectivity index (χ1n) is 4.81. The maximum Gasteiger partial charge on any atom is 0.473 e. The third kappa shape index (κ3) is 2.68. The SMILES string of the molecule is CC1(C)OP(=O)(O)OC1(C)C(F)(F)CC(F)(F)F. The number of hydrogen-bond donors (Lipinski definition) is 1. The lowest BCUT2D eigenvalue weighted by Gasteiger charge is -2.39. The molecule has 18 heavy (non-hydrogen) atoms. The van der Waals surface area contributed by atoms with Gasteiger partial charge in [0.05, 0.1) is 0 Å². The van der Waals surface area contributed by atoms with Crippen LogP contribution in [0.2, 0.25) is 0 Å². The number of halogens is 5. The van der Waals surface area contributed by atoms with Crippen LogP contribution in [0.15, 0.2) is 0 Å². The van der Waals surface area contributed by atoms with E-state index in [1.54, 1.807) is 0 Å². The molecule has 1 heterocycles. The van der Waals surface area contributed by atoms with Gasteiger partial charge in [-0.05, 0) is 20.8 Å². The fourth-order valence-electron chi connectivity index (χ4n) is 1.66. The van der Waals surface area contributed by atoms with Crippen LogP contribution >= 0.6 is 7.82 Å². The molecular weight excluding hydrogens is 286 g/mol. The van der Waals surface area contributed by atoms with Gasteiger partial charge in [-0.1, -0.05) is 0 Å². The minimum Gasteiger partial charge on any atom is -0.302 e. The quantitative estimate of drug-likeness (QED) is 0.628. The molecular formula is C8H12F5O4P. The molecule has 4 nitrogen and oxygen atoms in total. The largest absolute Gasteiger partial charge is 0.473 e. The first-order chi connectivity index (χ1) is 7.62. The van der Waals surface area contributed by atoms with E-state index in [1.165, 1.54) is 0 Å². The molecule has 2 unspecified atom stereocenters.